The molecule has 1 aliphatic heterocycles. The van der Waals surface area contributed by atoms with E-state index in [4.69, 9.17) is 0 Å². The first kappa shape index (κ1) is 15.5. The third-order valence-corrected chi connectivity index (χ3v) is 4.64. The minimum atomic E-state index is -0.138. The van der Waals surface area contributed by atoms with Crippen molar-refractivity contribution in [3.8, 4) is 0 Å². The van der Waals surface area contributed by atoms with Crippen LogP contribution in [0.1, 0.15) is 45.6 Å². The number of hydrogen-bond acceptors (Lipinski definition) is 2. The normalized spacial score (nSPS) is 27.7. The van der Waals surface area contributed by atoms with Gasteiger partial charge in [0.15, 0.2) is 0 Å². The summed E-state index contributed by atoms with van der Waals surface area (Å²) in [5, 5.41) is 3.67. The Morgan fingerprint density at radius 2 is 2.20 bits per heavy atom. The molecule has 1 aromatic carbocycles. The van der Waals surface area contributed by atoms with Crippen LogP contribution in [0.25, 0.3) is 0 Å². The van der Waals surface area contributed by atoms with E-state index in [-0.39, 0.29) is 11.4 Å². The maximum atomic E-state index is 13.4. The summed E-state index contributed by atoms with van der Waals surface area (Å²) in [6.45, 7) is 9.68. The number of nitrogens with one attached hydrogen (secondary N) is 1. The fraction of sp³-hybridized carbons (Fsp3) is 0.647. The zero-order chi connectivity index (χ0) is 14.6. The fourth-order valence-corrected chi connectivity index (χ4v) is 3.03. The van der Waals surface area contributed by atoms with Crippen molar-refractivity contribution in [2.24, 2.45) is 0 Å². The number of hydrogen-bond donors (Lipinski definition) is 1. The van der Waals surface area contributed by atoms with Gasteiger partial charge in [0.05, 0.1) is 0 Å². The second-order valence-electron chi connectivity index (χ2n) is 6.23. The van der Waals surface area contributed by atoms with Gasteiger partial charge in [-0.15, -0.1) is 0 Å². The molecule has 1 fully saturated rings. The SMILES string of the molecule is CCCC1CN(Cc2cccc(F)c2)C(C)(CC)CN1. The van der Waals surface area contributed by atoms with Crippen molar-refractivity contribution in [1.29, 1.82) is 0 Å². The molecule has 3 heteroatoms. The number of halogens is 1. The number of piperazine rings is 1. The molecular formula is C17H27FN2. The van der Waals surface area contributed by atoms with Crippen LogP contribution < -0.4 is 5.32 Å². The Labute approximate surface area is 122 Å². The van der Waals surface area contributed by atoms with E-state index in [0.717, 1.165) is 31.6 Å². The lowest BCUT2D eigenvalue weighted by Crippen LogP contribution is -2.62. The standard InChI is InChI=1S/C17H27FN2/c1-4-7-16-12-20(17(3,5-2)13-19-16)11-14-8-6-9-15(18)10-14/h6,8-10,16,19H,4-5,7,11-13H2,1-3H3. The molecular weight excluding hydrogens is 251 g/mol. The monoisotopic (exact) mass is 278 g/mol. The van der Waals surface area contributed by atoms with E-state index >= 15 is 0 Å². The molecule has 2 unspecified atom stereocenters. The minimum absolute atomic E-state index is 0.138. The number of benzene rings is 1. The van der Waals surface area contributed by atoms with Gasteiger partial charge in [-0.25, -0.2) is 4.39 Å². The summed E-state index contributed by atoms with van der Waals surface area (Å²) in [6, 6.07) is 7.57. The molecule has 1 aliphatic rings. The third kappa shape index (κ3) is 3.58. The lowest BCUT2D eigenvalue weighted by molar-refractivity contribution is 0.0396. The predicted molar refractivity (Wildman–Crippen MR) is 82.2 cm³/mol. The van der Waals surface area contributed by atoms with Crippen LogP contribution in [0, 0.1) is 5.82 Å². The summed E-state index contributed by atoms with van der Waals surface area (Å²) in [5.41, 5.74) is 1.23. The Balaban J connectivity index is 2.11. The first-order valence-corrected chi connectivity index (χ1v) is 7.80. The van der Waals surface area contributed by atoms with Crippen LogP contribution in [0.2, 0.25) is 0 Å². The van der Waals surface area contributed by atoms with E-state index in [9.17, 15) is 4.39 Å². The highest BCUT2D eigenvalue weighted by molar-refractivity contribution is 5.17. The molecule has 0 aliphatic carbocycles. The smallest absolute Gasteiger partial charge is 0.123 e. The van der Waals surface area contributed by atoms with Gasteiger partial charge in [0.1, 0.15) is 5.82 Å². The largest absolute Gasteiger partial charge is 0.311 e. The summed E-state index contributed by atoms with van der Waals surface area (Å²) < 4.78 is 13.4. The molecule has 0 spiro atoms. The van der Waals surface area contributed by atoms with Crippen molar-refractivity contribution < 1.29 is 4.39 Å². The Morgan fingerprint density at radius 3 is 2.85 bits per heavy atom. The zero-order valence-corrected chi connectivity index (χ0v) is 13.0. The van der Waals surface area contributed by atoms with Gasteiger partial charge in [0, 0.05) is 31.2 Å². The van der Waals surface area contributed by atoms with E-state index < -0.39 is 0 Å². The summed E-state index contributed by atoms with van der Waals surface area (Å²) in [7, 11) is 0. The van der Waals surface area contributed by atoms with Crippen molar-refractivity contribution in [2.45, 2.75) is 58.2 Å². The summed E-state index contributed by atoms with van der Waals surface area (Å²) in [4.78, 5) is 2.53. The van der Waals surface area contributed by atoms with Crippen LogP contribution in [0.15, 0.2) is 24.3 Å². The Kier molecular flexibility index (Phi) is 5.17. The molecule has 0 amide bonds. The third-order valence-electron chi connectivity index (χ3n) is 4.64. The summed E-state index contributed by atoms with van der Waals surface area (Å²) in [5.74, 6) is -0.138. The quantitative estimate of drug-likeness (QED) is 0.886. The van der Waals surface area contributed by atoms with Crippen molar-refractivity contribution in [3.05, 3.63) is 35.6 Å². The molecule has 1 aromatic rings. The van der Waals surface area contributed by atoms with Crippen molar-refractivity contribution in [1.82, 2.24) is 10.2 Å². The number of rotatable bonds is 5. The molecule has 20 heavy (non-hydrogen) atoms. The molecule has 2 atom stereocenters. The van der Waals surface area contributed by atoms with Crippen LogP contribution in [0.3, 0.4) is 0 Å². The van der Waals surface area contributed by atoms with Crippen molar-refractivity contribution in [3.63, 3.8) is 0 Å². The highest BCUT2D eigenvalue weighted by Crippen LogP contribution is 2.26. The van der Waals surface area contributed by atoms with E-state index in [1.807, 2.05) is 6.07 Å². The topological polar surface area (TPSA) is 15.3 Å². The second kappa shape index (κ2) is 6.68. The molecule has 0 saturated carbocycles. The molecule has 1 heterocycles. The summed E-state index contributed by atoms with van der Waals surface area (Å²) >= 11 is 0. The highest BCUT2D eigenvalue weighted by Gasteiger charge is 2.35. The average Bonchev–Trinajstić information content (AvgIpc) is 2.43. The van der Waals surface area contributed by atoms with Gasteiger partial charge in [-0.1, -0.05) is 32.4 Å². The van der Waals surface area contributed by atoms with Crippen LogP contribution in [-0.2, 0) is 6.54 Å². The van der Waals surface area contributed by atoms with E-state index in [1.165, 1.54) is 18.9 Å². The van der Waals surface area contributed by atoms with Crippen LogP contribution in [0.5, 0.6) is 0 Å². The van der Waals surface area contributed by atoms with Gasteiger partial charge in [0.2, 0.25) is 0 Å². The van der Waals surface area contributed by atoms with Crippen LogP contribution >= 0.6 is 0 Å². The van der Waals surface area contributed by atoms with E-state index in [2.05, 4.69) is 31.0 Å². The van der Waals surface area contributed by atoms with Gasteiger partial charge < -0.3 is 5.32 Å². The van der Waals surface area contributed by atoms with Gasteiger partial charge in [-0.05, 0) is 37.5 Å². The van der Waals surface area contributed by atoms with Crippen LogP contribution in [0.4, 0.5) is 4.39 Å². The average molecular weight is 278 g/mol. The van der Waals surface area contributed by atoms with Gasteiger partial charge >= 0.3 is 0 Å². The maximum absolute atomic E-state index is 13.4. The summed E-state index contributed by atoms with van der Waals surface area (Å²) in [6.07, 6.45) is 3.52. The fourth-order valence-electron chi connectivity index (χ4n) is 3.03. The van der Waals surface area contributed by atoms with Gasteiger partial charge in [-0.2, -0.15) is 0 Å². The van der Waals surface area contributed by atoms with Gasteiger partial charge in [-0.3, -0.25) is 4.90 Å². The molecule has 112 valence electrons. The minimum Gasteiger partial charge on any atom is -0.311 e. The Morgan fingerprint density at radius 1 is 1.40 bits per heavy atom. The van der Waals surface area contributed by atoms with Gasteiger partial charge in [0.25, 0.3) is 0 Å². The highest BCUT2D eigenvalue weighted by atomic mass is 19.1. The predicted octanol–water partition coefficient (Wildman–Crippen LogP) is 3.57. The maximum Gasteiger partial charge on any atom is 0.123 e. The Bertz CT molecular complexity index is 435. The first-order valence-electron chi connectivity index (χ1n) is 7.80. The second-order valence-corrected chi connectivity index (χ2v) is 6.23. The van der Waals surface area contributed by atoms with Crippen LogP contribution in [-0.4, -0.2) is 29.6 Å². The first-order chi connectivity index (χ1) is 9.57. The van der Waals surface area contributed by atoms with Crippen molar-refractivity contribution >= 4 is 0 Å². The van der Waals surface area contributed by atoms with Crippen molar-refractivity contribution in [2.75, 3.05) is 13.1 Å². The molecule has 0 radical (unpaired) electrons. The molecule has 0 aromatic heterocycles. The zero-order valence-electron chi connectivity index (χ0n) is 13.0. The molecule has 2 nitrogen and oxygen atoms in total. The van der Waals surface area contributed by atoms with E-state index in [0.29, 0.717) is 6.04 Å². The van der Waals surface area contributed by atoms with E-state index in [1.54, 1.807) is 12.1 Å². The lowest BCUT2D eigenvalue weighted by atomic mass is 9.90. The molecule has 1 saturated heterocycles. The molecule has 0 bridgehead atoms. The lowest BCUT2D eigenvalue weighted by Gasteiger charge is -2.48. The Hall–Kier alpha value is -0.930. The number of nitrogens with zero attached hydrogens (tertiary/aromatic N) is 1. The molecule has 2 rings (SSSR count). The molecule has 1 N–H and O–H groups in total.